The molecule has 6 amide bonds. The number of nitrogens with one attached hydrogen (secondary N) is 4. The Morgan fingerprint density at radius 2 is 1.32 bits per heavy atom. The Balaban J connectivity index is 1.45. The van der Waals surface area contributed by atoms with Crippen molar-refractivity contribution in [3.8, 4) is 0 Å². The molecule has 17 heteroatoms. The number of nitrogens with zero attached hydrogens (tertiary/aromatic N) is 1. The molecule has 57 heavy (non-hydrogen) atoms. The number of hydrogen-bond acceptors (Lipinski definition) is 12. The van der Waals surface area contributed by atoms with Gasteiger partial charge < -0.3 is 45.0 Å². The fourth-order valence-corrected chi connectivity index (χ4v) is 4.81. The van der Waals surface area contributed by atoms with E-state index in [2.05, 4.69) is 27.8 Å². The minimum atomic E-state index is -0.920. The van der Waals surface area contributed by atoms with E-state index in [4.69, 9.17) is 23.7 Å². The molecular formula is C40H57N5O12. The van der Waals surface area contributed by atoms with Gasteiger partial charge in [0.15, 0.2) is 0 Å². The lowest BCUT2D eigenvalue weighted by Crippen LogP contribution is -2.45. The molecule has 0 aliphatic carbocycles. The van der Waals surface area contributed by atoms with Crippen molar-refractivity contribution in [1.82, 2.24) is 20.9 Å². The van der Waals surface area contributed by atoms with Crippen LogP contribution in [-0.2, 0) is 63.9 Å². The third kappa shape index (κ3) is 20.5. The monoisotopic (exact) mass is 799 g/mol. The lowest BCUT2D eigenvalue weighted by atomic mass is 10.2. The molecule has 0 saturated heterocycles. The first-order valence-electron chi connectivity index (χ1n) is 18.9. The van der Waals surface area contributed by atoms with E-state index in [0.29, 0.717) is 88.8 Å². The summed E-state index contributed by atoms with van der Waals surface area (Å²) in [6.45, 7) is 13.2. The molecule has 1 aromatic rings. The van der Waals surface area contributed by atoms with Gasteiger partial charge in [0.2, 0.25) is 17.7 Å². The molecule has 1 aliphatic rings. The minimum absolute atomic E-state index is 0.000602. The number of ether oxygens (including phenoxy) is 5. The summed E-state index contributed by atoms with van der Waals surface area (Å²) in [4.78, 5) is 85.8. The van der Waals surface area contributed by atoms with E-state index in [1.54, 1.807) is 45.0 Å². The summed E-state index contributed by atoms with van der Waals surface area (Å²) in [6.07, 6.45) is 4.95. The van der Waals surface area contributed by atoms with Crippen molar-refractivity contribution in [1.29, 1.82) is 0 Å². The maximum Gasteiger partial charge on any atom is 0.333 e. The van der Waals surface area contributed by atoms with E-state index in [9.17, 15) is 33.6 Å². The van der Waals surface area contributed by atoms with E-state index in [-0.39, 0.29) is 49.7 Å². The zero-order valence-electron chi connectivity index (χ0n) is 33.4. The van der Waals surface area contributed by atoms with Gasteiger partial charge in [-0.3, -0.25) is 33.7 Å². The predicted octanol–water partition coefficient (Wildman–Crippen LogP) is 2.22. The van der Waals surface area contributed by atoms with Crippen LogP contribution >= 0.6 is 0 Å². The number of hydrogen-bond donors (Lipinski definition) is 4. The van der Waals surface area contributed by atoms with Crippen molar-refractivity contribution in [3.05, 3.63) is 65.4 Å². The Kier molecular flexibility index (Phi) is 23.0. The van der Waals surface area contributed by atoms with Crippen molar-refractivity contribution in [2.75, 3.05) is 71.3 Å². The van der Waals surface area contributed by atoms with E-state index >= 15 is 0 Å². The zero-order chi connectivity index (χ0) is 42.0. The van der Waals surface area contributed by atoms with Gasteiger partial charge in [-0.05, 0) is 63.8 Å². The second-order valence-electron chi connectivity index (χ2n) is 13.2. The van der Waals surface area contributed by atoms with Gasteiger partial charge in [-0.25, -0.2) is 4.79 Å². The van der Waals surface area contributed by atoms with Gasteiger partial charge in [-0.2, -0.15) is 0 Å². The van der Waals surface area contributed by atoms with Gasteiger partial charge in [0, 0.05) is 42.9 Å². The first kappa shape index (κ1) is 47.9. The highest BCUT2D eigenvalue weighted by atomic mass is 16.6. The molecule has 1 heterocycles. The highest BCUT2D eigenvalue weighted by molar-refractivity contribution is 6.12. The minimum Gasteiger partial charge on any atom is -0.457 e. The maximum absolute atomic E-state index is 12.9. The first-order valence-corrected chi connectivity index (χ1v) is 18.9. The molecule has 2 rings (SSSR count). The predicted molar refractivity (Wildman–Crippen MR) is 209 cm³/mol. The number of unbranched alkanes of at least 4 members (excludes halogenated alkanes) is 2. The fraction of sp³-hybridized carbons (Fsp3) is 0.525. The van der Waals surface area contributed by atoms with Crippen LogP contribution in [0.2, 0.25) is 0 Å². The molecule has 0 radical (unpaired) electrons. The van der Waals surface area contributed by atoms with Crippen molar-refractivity contribution >= 4 is 47.1 Å². The molecule has 0 aromatic heterocycles. The van der Waals surface area contributed by atoms with Gasteiger partial charge in [-0.1, -0.05) is 25.1 Å². The fourth-order valence-electron chi connectivity index (χ4n) is 4.81. The third-order valence-electron chi connectivity index (χ3n) is 8.02. The number of anilines is 1. The summed E-state index contributed by atoms with van der Waals surface area (Å²) in [7, 11) is 0. The van der Waals surface area contributed by atoms with Gasteiger partial charge in [0.25, 0.3) is 17.7 Å². The summed E-state index contributed by atoms with van der Waals surface area (Å²) in [5.41, 5.74) is 2.10. The molecule has 0 spiro atoms. The van der Waals surface area contributed by atoms with Crippen molar-refractivity contribution in [2.45, 2.75) is 72.4 Å². The summed E-state index contributed by atoms with van der Waals surface area (Å²) in [6, 6.07) is 5.77. The number of benzene rings is 1. The van der Waals surface area contributed by atoms with Crippen LogP contribution in [0.3, 0.4) is 0 Å². The normalized spacial score (nSPS) is 12.5. The lowest BCUT2D eigenvalue weighted by Gasteiger charge is -2.17. The van der Waals surface area contributed by atoms with Crippen LogP contribution in [-0.4, -0.2) is 118 Å². The highest BCUT2D eigenvalue weighted by Crippen LogP contribution is 2.12. The number of carbonyl (C=O) groups excluding carboxylic acids is 7. The van der Waals surface area contributed by atoms with Crippen LogP contribution in [0, 0.1) is 0 Å². The topological polar surface area (TPSA) is 217 Å². The Hall–Kier alpha value is -5.23. The largest absolute Gasteiger partial charge is 0.457 e. The van der Waals surface area contributed by atoms with Crippen molar-refractivity contribution < 1.29 is 57.2 Å². The van der Waals surface area contributed by atoms with Crippen molar-refractivity contribution in [2.24, 2.45) is 0 Å². The van der Waals surface area contributed by atoms with Crippen LogP contribution in [0.25, 0.3) is 0 Å². The smallest absolute Gasteiger partial charge is 0.333 e. The quantitative estimate of drug-likeness (QED) is 0.0397. The van der Waals surface area contributed by atoms with Gasteiger partial charge in [0.1, 0.15) is 18.3 Å². The molecular weight excluding hydrogens is 742 g/mol. The number of imide groups is 1. The Bertz CT molecular complexity index is 1570. The molecule has 1 aliphatic heterocycles. The van der Waals surface area contributed by atoms with Crippen LogP contribution < -0.4 is 21.3 Å². The van der Waals surface area contributed by atoms with E-state index < -0.39 is 29.7 Å². The highest BCUT2D eigenvalue weighted by Gasteiger charge is 2.23. The van der Waals surface area contributed by atoms with Crippen molar-refractivity contribution in [3.63, 3.8) is 0 Å². The molecule has 0 unspecified atom stereocenters. The van der Waals surface area contributed by atoms with E-state index in [1.165, 1.54) is 24.0 Å². The Morgan fingerprint density at radius 3 is 1.89 bits per heavy atom. The Morgan fingerprint density at radius 1 is 0.737 bits per heavy atom. The van der Waals surface area contributed by atoms with E-state index in [1.807, 2.05) is 0 Å². The molecule has 1 aromatic carbocycles. The average Bonchev–Trinajstić information content (AvgIpc) is 3.49. The molecule has 1 atom stereocenters. The second-order valence-corrected chi connectivity index (χ2v) is 13.2. The molecule has 314 valence electrons. The Labute approximate surface area is 333 Å². The molecule has 0 fully saturated rings. The summed E-state index contributed by atoms with van der Waals surface area (Å²) in [5.74, 6) is -2.66. The molecule has 0 bridgehead atoms. The number of allylic oxidation sites excluding steroid dienone is 1. The number of rotatable bonds is 29. The first-order chi connectivity index (χ1) is 27.3. The number of amides is 6. The lowest BCUT2D eigenvalue weighted by molar-refractivity contribution is -0.140. The molecule has 4 N–H and O–H groups in total. The molecule has 0 saturated carbocycles. The number of carbonyl (C=O) groups is 7. The average molecular weight is 800 g/mol. The van der Waals surface area contributed by atoms with Crippen LogP contribution in [0.15, 0.2) is 59.8 Å². The third-order valence-corrected chi connectivity index (χ3v) is 8.02. The van der Waals surface area contributed by atoms with Crippen LogP contribution in [0.1, 0.15) is 65.4 Å². The van der Waals surface area contributed by atoms with Gasteiger partial charge >= 0.3 is 5.97 Å². The zero-order valence-corrected chi connectivity index (χ0v) is 33.4. The van der Waals surface area contributed by atoms with Gasteiger partial charge in [0.05, 0.1) is 59.3 Å². The summed E-state index contributed by atoms with van der Waals surface area (Å²) in [5, 5.41) is 10.7. The summed E-state index contributed by atoms with van der Waals surface area (Å²) >= 11 is 0. The second kappa shape index (κ2) is 27.4. The van der Waals surface area contributed by atoms with Crippen LogP contribution in [0.5, 0.6) is 0 Å². The van der Waals surface area contributed by atoms with E-state index in [0.717, 1.165) is 12.0 Å². The standard InChI is InChI=1S/C40H57N5O12/c1-28(2)37(39(51)42-30(5)38(50)43-32-12-10-31(11-13-32)27-57-40(52)29(3)4)44-34(47)16-19-53-21-23-55-25-26-56-24-22-54-20-17-41-33(46)9-7-6-8-18-45-35(48)14-15-36(45)49/h10-15,30H,3,6-9,16-27H2,1-2,4-5H3,(H,41,46)(H,42,51)(H,43,50)(H,44,47)/t30-/m0/s1. The van der Waals surface area contributed by atoms with Crippen LogP contribution in [0.4, 0.5) is 5.69 Å². The summed E-state index contributed by atoms with van der Waals surface area (Å²) < 4.78 is 26.9. The molecule has 17 nitrogen and oxygen atoms in total. The maximum atomic E-state index is 12.9. The SMILES string of the molecule is C=C(C)C(=O)OCc1ccc(NC(=O)[C@H](C)NC(=O)C(NC(=O)CCOCCOCCOCCOCCNC(=O)CCCCCN2C(=O)C=CC2=O)=C(C)C)cc1. The van der Waals surface area contributed by atoms with Gasteiger partial charge in [-0.15, -0.1) is 0 Å². The number of esters is 1.